The van der Waals surface area contributed by atoms with Crippen LogP contribution in [-0.2, 0) is 19.6 Å². The number of methoxy groups -OCH3 is 1. The van der Waals surface area contributed by atoms with Crippen LogP contribution in [0.3, 0.4) is 0 Å². The molecule has 0 radical (unpaired) electrons. The molecule has 0 fully saturated rings. The zero-order valence-electron chi connectivity index (χ0n) is 11.8. The van der Waals surface area contributed by atoms with Gasteiger partial charge in [-0.2, -0.15) is 4.72 Å². The number of esters is 1. The molecule has 0 spiro atoms. The van der Waals surface area contributed by atoms with Crippen LogP contribution in [0.25, 0.3) is 0 Å². The molecule has 0 aliphatic rings. The van der Waals surface area contributed by atoms with Crippen molar-refractivity contribution in [3.05, 3.63) is 16.6 Å². The first-order valence-corrected chi connectivity index (χ1v) is 8.32. The van der Waals surface area contributed by atoms with Crippen LogP contribution in [0.2, 0.25) is 0 Å². The highest BCUT2D eigenvalue weighted by Crippen LogP contribution is 2.32. The molecule has 0 saturated carbocycles. The lowest BCUT2D eigenvalue weighted by molar-refractivity contribution is -0.144. The average Bonchev–Trinajstić information content (AvgIpc) is 2.40. The molecule has 0 bridgehead atoms. The number of nitrogens with two attached hydrogens (primary N) is 1. The third-order valence-electron chi connectivity index (χ3n) is 2.54. The summed E-state index contributed by atoms with van der Waals surface area (Å²) in [6, 6.07) is 1.67. The quantitative estimate of drug-likeness (QED) is 0.568. The summed E-state index contributed by atoms with van der Waals surface area (Å²) in [6.45, 7) is 3.20. The average molecular weight is 381 g/mol. The minimum Gasteiger partial charge on any atom is -0.495 e. The molecule has 7 nitrogen and oxygen atoms in total. The molecule has 0 aliphatic carbocycles. The summed E-state index contributed by atoms with van der Waals surface area (Å²) in [7, 11) is -2.64. The van der Waals surface area contributed by atoms with Gasteiger partial charge in [-0.3, -0.25) is 4.79 Å². The minimum absolute atomic E-state index is 0.111. The molecule has 0 saturated heterocycles. The highest BCUT2D eigenvalue weighted by Gasteiger charge is 2.26. The van der Waals surface area contributed by atoms with Crippen molar-refractivity contribution in [2.75, 3.05) is 19.5 Å². The van der Waals surface area contributed by atoms with Crippen molar-refractivity contribution in [3.8, 4) is 5.75 Å². The summed E-state index contributed by atoms with van der Waals surface area (Å²) < 4.78 is 37.2. The second-order valence-corrected chi connectivity index (χ2v) is 6.66. The van der Waals surface area contributed by atoms with Gasteiger partial charge in [-0.05, 0) is 41.9 Å². The number of rotatable bonds is 6. The Kier molecular flexibility index (Phi) is 5.99. The zero-order valence-corrected chi connectivity index (χ0v) is 14.2. The van der Waals surface area contributed by atoms with Crippen molar-refractivity contribution in [1.29, 1.82) is 0 Å². The molecule has 1 atom stereocenters. The van der Waals surface area contributed by atoms with Gasteiger partial charge in [0.1, 0.15) is 16.7 Å². The van der Waals surface area contributed by atoms with Crippen LogP contribution < -0.4 is 15.2 Å². The molecule has 0 amide bonds. The van der Waals surface area contributed by atoms with Crippen LogP contribution in [0.15, 0.2) is 21.5 Å². The predicted octanol–water partition coefficient (Wildman–Crippen LogP) is 1.27. The Morgan fingerprint density at radius 1 is 1.48 bits per heavy atom. The number of nitrogen functional groups attached to an aromatic ring is 1. The van der Waals surface area contributed by atoms with E-state index in [2.05, 4.69) is 20.7 Å². The molecule has 1 aromatic carbocycles. The maximum absolute atomic E-state index is 12.3. The number of ether oxygens (including phenoxy) is 2. The van der Waals surface area contributed by atoms with Gasteiger partial charge in [0.15, 0.2) is 0 Å². The number of carbonyl (C=O) groups excluding carboxylic acids is 1. The van der Waals surface area contributed by atoms with Crippen molar-refractivity contribution in [3.63, 3.8) is 0 Å². The van der Waals surface area contributed by atoms with E-state index < -0.39 is 22.0 Å². The predicted molar refractivity (Wildman–Crippen MR) is 81.5 cm³/mol. The van der Waals surface area contributed by atoms with Crippen LogP contribution in [-0.4, -0.2) is 34.1 Å². The number of nitrogens with one attached hydrogen (secondary N) is 1. The molecule has 3 N–H and O–H groups in total. The first-order valence-electron chi connectivity index (χ1n) is 6.05. The zero-order chi connectivity index (χ0) is 16.2. The molecule has 1 unspecified atom stereocenters. The summed E-state index contributed by atoms with van der Waals surface area (Å²) in [5.74, 6) is -0.551. The first kappa shape index (κ1) is 17.7. The van der Waals surface area contributed by atoms with Crippen molar-refractivity contribution >= 4 is 37.6 Å². The van der Waals surface area contributed by atoms with Gasteiger partial charge in [-0.1, -0.05) is 0 Å². The van der Waals surface area contributed by atoms with Crippen LogP contribution >= 0.6 is 15.9 Å². The molecule has 0 heterocycles. The summed E-state index contributed by atoms with van der Waals surface area (Å²) in [6.07, 6.45) is 0. The van der Waals surface area contributed by atoms with Gasteiger partial charge < -0.3 is 15.2 Å². The summed E-state index contributed by atoms with van der Waals surface area (Å²) in [5, 5.41) is 0. The van der Waals surface area contributed by atoms with Gasteiger partial charge in [0, 0.05) is 10.2 Å². The monoisotopic (exact) mass is 380 g/mol. The van der Waals surface area contributed by atoms with Crippen molar-refractivity contribution in [2.24, 2.45) is 0 Å². The molecule has 1 aromatic rings. The van der Waals surface area contributed by atoms with Gasteiger partial charge in [-0.15, -0.1) is 0 Å². The Labute approximate surface area is 132 Å². The fraction of sp³-hybridized carbons (Fsp3) is 0.417. The van der Waals surface area contributed by atoms with E-state index in [1.54, 1.807) is 6.92 Å². The Morgan fingerprint density at radius 2 is 2.10 bits per heavy atom. The molecule has 1 rings (SSSR count). The topological polar surface area (TPSA) is 108 Å². The lowest BCUT2D eigenvalue weighted by Crippen LogP contribution is -2.39. The summed E-state index contributed by atoms with van der Waals surface area (Å²) in [4.78, 5) is 11.4. The van der Waals surface area contributed by atoms with Crippen molar-refractivity contribution in [2.45, 2.75) is 24.8 Å². The molecular weight excluding hydrogens is 364 g/mol. The lowest BCUT2D eigenvalue weighted by Gasteiger charge is -2.15. The van der Waals surface area contributed by atoms with Crippen LogP contribution in [0.1, 0.15) is 13.8 Å². The summed E-state index contributed by atoms with van der Waals surface area (Å²) in [5.41, 5.74) is 5.93. The van der Waals surface area contributed by atoms with E-state index >= 15 is 0 Å². The van der Waals surface area contributed by atoms with E-state index in [0.29, 0.717) is 4.47 Å². The highest BCUT2D eigenvalue weighted by molar-refractivity contribution is 9.10. The second-order valence-electron chi connectivity index (χ2n) is 4.12. The van der Waals surface area contributed by atoms with Gasteiger partial charge in [0.25, 0.3) is 0 Å². The van der Waals surface area contributed by atoms with E-state index in [4.69, 9.17) is 15.2 Å². The molecular formula is C12H17BrN2O5S. The fourth-order valence-corrected chi connectivity index (χ4v) is 3.23. The first-order chi connectivity index (χ1) is 9.72. The Morgan fingerprint density at radius 3 is 2.62 bits per heavy atom. The minimum atomic E-state index is -3.98. The Bertz CT molecular complexity index is 633. The standard InChI is InChI=1S/C12H17BrN2O5S/c1-4-20-12(16)7(2)15-21(17,18)11-6-9(14)8(13)5-10(11)19-3/h5-7,15H,4,14H2,1-3H3. The molecule has 0 aliphatic heterocycles. The Hall–Kier alpha value is -1.32. The third kappa shape index (κ3) is 4.32. The molecule has 0 aromatic heterocycles. The van der Waals surface area contributed by atoms with Crippen molar-refractivity contribution in [1.82, 2.24) is 4.72 Å². The van der Waals surface area contributed by atoms with Gasteiger partial charge >= 0.3 is 5.97 Å². The molecule has 21 heavy (non-hydrogen) atoms. The number of sulfonamides is 1. The van der Waals surface area contributed by atoms with Crippen LogP contribution in [0, 0.1) is 0 Å². The van der Waals surface area contributed by atoms with Gasteiger partial charge in [0.05, 0.1) is 13.7 Å². The maximum atomic E-state index is 12.3. The summed E-state index contributed by atoms with van der Waals surface area (Å²) >= 11 is 3.19. The van der Waals surface area contributed by atoms with Gasteiger partial charge in [0.2, 0.25) is 10.0 Å². The lowest BCUT2D eigenvalue weighted by atomic mass is 10.3. The number of benzene rings is 1. The smallest absolute Gasteiger partial charge is 0.323 e. The normalized spacial score (nSPS) is 12.8. The molecule has 118 valence electrons. The van der Waals surface area contributed by atoms with Crippen LogP contribution in [0.4, 0.5) is 5.69 Å². The highest BCUT2D eigenvalue weighted by atomic mass is 79.9. The number of anilines is 1. The number of hydrogen-bond donors (Lipinski definition) is 2. The molecule has 9 heteroatoms. The third-order valence-corrected chi connectivity index (χ3v) is 4.79. The Balaban J connectivity index is 3.14. The van der Waals surface area contributed by atoms with Crippen LogP contribution in [0.5, 0.6) is 5.75 Å². The fourth-order valence-electron chi connectivity index (χ4n) is 1.53. The van der Waals surface area contributed by atoms with E-state index in [0.717, 1.165) is 0 Å². The maximum Gasteiger partial charge on any atom is 0.323 e. The number of halogens is 1. The van der Waals surface area contributed by atoms with E-state index in [1.807, 2.05) is 0 Å². The largest absolute Gasteiger partial charge is 0.495 e. The van der Waals surface area contributed by atoms with E-state index in [9.17, 15) is 13.2 Å². The van der Waals surface area contributed by atoms with E-state index in [1.165, 1.54) is 26.2 Å². The SMILES string of the molecule is CCOC(=O)C(C)NS(=O)(=O)c1cc(N)c(Br)cc1OC. The van der Waals surface area contributed by atoms with Gasteiger partial charge in [-0.25, -0.2) is 8.42 Å². The second kappa shape index (κ2) is 7.10. The number of carbonyl (C=O) groups is 1. The van der Waals surface area contributed by atoms with E-state index in [-0.39, 0.29) is 22.9 Å². The van der Waals surface area contributed by atoms with Crippen molar-refractivity contribution < 1.29 is 22.7 Å². The number of hydrogen-bond acceptors (Lipinski definition) is 6.